The van der Waals surface area contributed by atoms with Crippen LogP contribution in [0.2, 0.25) is 5.02 Å². The third kappa shape index (κ3) is 5.50. The first kappa shape index (κ1) is 26.7. The Kier molecular flexibility index (Phi) is 8.19. The van der Waals surface area contributed by atoms with E-state index in [0.29, 0.717) is 10.7 Å². The van der Waals surface area contributed by atoms with Crippen LogP contribution in [0.15, 0.2) is 52.6 Å². The molecule has 1 aliphatic heterocycles. The summed E-state index contributed by atoms with van der Waals surface area (Å²) in [6, 6.07) is 7.10. The van der Waals surface area contributed by atoms with Crippen molar-refractivity contribution >= 4 is 29.5 Å². The predicted molar refractivity (Wildman–Crippen MR) is 128 cm³/mol. The van der Waals surface area contributed by atoms with Crippen molar-refractivity contribution in [2.45, 2.75) is 30.5 Å². The van der Waals surface area contributed by atoms with Crippen molar-refractivity contribution in [3.05, 3.63) is 65.1 Å². The number of ether oxygens (including phenoxy) is 2. The van der Waals surface area contributed by atoms with Gasteiger partial charge < -0.3 is 25.4 Å². The fourth-order valence-corrected chi connectivity index (χ4v) is 4.23. The largest absolute Gasteiger partial charge is 0.394 e. The predicted octanol–water partition coefficient (Wildman–Crippen LogP) is 2.41. The molecule has 2 heterocycles. The Bertz CT molecular complexity index is 1300. The van der Waals surface area contributed by atoms with Gasteiger partial charge in [0, 0.05) is 17.7 Å². The number of aliphatic hydroxyl groups is 2. The van der Waals surface area contributed by atoms with Crippen LogP contribution < -0.4 is 5.73 Å². The average Bonchev–Trinajstić information content (AvgIpc) is 3.36. The molecule has 1 fully saturated rings. The molecule has 0 radical (unpaired) electrons. The number of hydrogen-bond acceptors (Lipinski definition) is 7. The van der Waals surface area contributed by atoms with Gasteiger partial charge >= 0.3 is 0 Å². The summed E-state index contributed by atoms with van der Waals surface area (Å²) >= 11 is 6.06. The molecule has 1 aliphatic rings. The lowest BCUT2D eigenvalue weighted by molar-refractivity contribution is -0.193. The lowest BCUT2D eigenvalue weighted by Gasteiger charge is -2.43. The van der Waals surface area contributed by atoms with Gasteiger partial charge in [0.2, 0.25) is 0 Å². The molecule has 3 aromatic rings. The molecular weight excluding hydrogens is 517 g/mol. The number of nitrogens with two attached hydrogens (primary N) is 1. The number of aliphatic hydroxyl groups excluding tert-OH is 2. The smallest absolute Gasteiger partial charge is 0.194 e. The minimum Gasteiger partial charge on any atom is -0.394 e. The number of nitrogens with zero attached hydrogens (tertiary/aromatic N) is 5. The SMILES string of the molecule is CO[C@@H]1[C@@H](n2cc(-c3cc(F)c(F)c(F)c3)nn2)[C@@H](O)[C@@H](CO)O[C@H]1C(N=CN)=Nc1cccc(Cl)c1. The Morgan fingerprint density at radius 1 is 1.27 bits per heavy atom. The molecule has 4 rings (SSSR count). The molecule has 0 saturated carbocycles. The number of aromatic nitrogens is 3. The van der Waals surface area contributed by atoms with Crippen molar-refractivity contribution in [3.8, 4) is 11.3 Å². The highest BCUT2D eigenvalue weighted by Gasteiger charge is 2.49. The number of rotatable bonds is 6. The summed E-state index contributed by atoms with van der Waals surface area (Å²) in [6.45, 7) is -0.586. The van der Waals surface area contributed by atoms with Gasteiger partial charge in [0.25, 0.3) is 0 Å². The zero-order valence-electron chi connectivity index (χ0n) is 19.2. The Hall–Kier alpha value is -3.36. The monoisotopic (exact) mass is 538 g/mol. The first-order valence-electron chi connectivity index (χ1n) is 10.9. The van der Waals surface area contributed by atoms with Crippen LogP contribution in [0.5, 0.6) is 0 Å². The standard InChI is InChI=1S/C23H22ClF3N6O4/c1-36-21-19(33-8-16(31-32-33)11-5-14(25)18(27)15(26)6-11)20(35)17(9-34)37-22(21)23(29-10-28)30-13-4-2-3-12(24)7-13/h2-8,10,17,19-22,34-35H,9H2,1H3,(H2,28,29,30)/t17-,19+,20+,21-,22-/m1/s1. The third-order valence-electron chi connectivity index (χ3n) is 5.75. The fraction of sp³-hybridized carbons (Fsp3) is 0.304. The Labute approximate surface area is 213 Å². The first-order valence-corrected chi connectivity index (χ1v) is 11.3. The van der Waals surface area contributed by atoms with Crippen LogP contribution in [-0.2, 0) is 9.47 Å². The molecule has 0 aliphatic carbocycles. The maximum atomic E-state index is 13.8. The van der Waals surface area contributed by atoms with Gasteiger partial charge in [-0.15, -0.1) is 5.10 Å². The van der Waals surface area contributed by atoms with E-state index in [1.54, 1.807) is 24.3 Å². The summed E-state index contributed by atoms with van der Waals surface area (Å²) < 4.78 is 53.7. The van der Waals surface area contributed by atoms with Crippen LogP contribution in [0.1, 0.15) is 6.04 Å². The molecule has 0 amide bonds. The zero-order chi connectivity index (χ0) is 26.7. The molecule has 2 aromatic carbocycles. The van der Waals surface area contributed by atoms with Gasteiger partial charge in [-0.1, -0.05) is 22.9 Å². The fourth-order valence-electron chi connectivity index (χ4n) is 4.05. The van der Waals surface area contributed by atoms with E-state index in [1.165, 1.54) is 18.0 Å². The molecule has 5 atom stereocenters. The van der Waals surface area contributed by atoms with Crippen LogP contribution in [0.3, 0.4) is 0 Å². The highest BCUT2D eigenvalue weighted by molar-refractivity contribution is 6.30. The van der Waals surface area contributed by atoms with Crippen molar-refractivity contribution in [1.82, 2.24) is 15.0 Å². The van der Waals surface area contributed by atoms with Crippen molar-refractivity contribution in [1.29, 1.82) is 0 Å². The Balaban J connectivity index is 1.76. The molecule has 0 unspecified atom stereocenters. The molecule has 1 saturated heterocycles. The maximum absolute atomic E-state index is 13.8. The minimum atomic E-state index is -1.61. The van der Waals surface area contributed by atoms with Crippen molar-refractivity contribution in [3.63, 3.8) is 0 Å². The van der Waals surface area contributed by atoms with Crippen molar-refractivity contribution in [2.75, 3.05) is 13.7 Å². The van der Waals surface area contributed by atoms with Crippen LogP contribution in [0.25, 0.3) is 11.3 Å². The summed E-state index contributed by atoms with van der Waals surface area (Å²) in [5, 5.41) is 29.2. The quantitative estimate of drug-likeness (QED) is 0.249. The van der Waals surface area contributed by atoms with E-state index in [0.717, 1.165) is 18.5 Å². The summed E-state index contributed by atoms with van der Waals surface area (Å²) in [6.07, 6.45) is -2.27. The number of amidine groups is 1. The molecule has 37 heavy (non-hydrogen) atoms. The summed E-state index contributed by atoms with van der Waals surface area (Å²) in [4.78, 5) is 8.56. The van der Waals surface area contributed by atoms with Gasteiger partial charge in [0.1, 0.15) is 36.2 Å². The Morgan fingerprint density at radius 2 is 2.00 bits per heavy atom. The molecule has 1 aromatic heterocycles. The molecule has 14 heteroatoms. The molecular formula is C23H22ClF3N6O4. The van der Waals surface area contributed by atoms with Crippen LogP contribution in [0.4, 0.5) is 18.9 Å². The summed E-state index contributed by atoms with van der Waals surface area (Å²) in [7, 11) is 1.35. The second kappa shape index (κ2) is 11.4. The van der Waals surface area contributed by atoms with E-state index in [2.05, 4.69) is 20.3 Å². The van der Waals surface area contributed by atoms with Gasteiger partial charge in [-0.2, -0.15) is 0 Å². The van der Waals surface area contributed by atoms with Gasteiger partial charge in [0.05, 0.1) is 24.8 Å². The van der Waals surface area contributed by atoms with Crippen molar-refractivity contribution in [2.24, 2.45) is 15.7 Å². The number of methoxy groups -OCH3 is 1. The normalized spacial score (nSPS) is 24.6. The Morgan fingerprint density at radius 3 is 2.62 bits per heavy atom. The van der Waals surface area contributed by atoms with E-state index in [9.17, 15) is 23.4 Å². The highest BCUT2D eigenvalue weighted by Crippen LogP contribution is 2.34. The van der Waals surface area contributed by atoms with Gasteiger partial charge in [-0.3, -0.25) is 0 Å². The molecule has 0 bridgehead atoms. The van der Waals surface area contributed by atoms with Crippen LogP contribution in [0, 0.1) is 17.5 Å². The van der Waals surface area contributed by atoms with E-state index in [4.69, 9.17) is 26.8 Å². The number of halogens is 4. The molecule has 196 valence electrons. The molecule has 4 N–H and O–H groups in total. The van der Waals surface area contributed by atoms with Gasteiger partial charge in [-0.25, -0.2) is 27.8 Å². The highest BCUT2D eigenvalue weighted by atomic mass is 35.5. The first-order chi connectivity index (χ1) is 17.8. The second-order valence-electron chi connectivity index (χ2n) is 8.02. The van der Waals surface area contributed by atoms with Gasteiger partial charge in [0.15, 0.2) is 23.3 Å². The van der Waals surface area contributed by atoms with Crippen LogP contribution >= 0.6 is 11.6 Å². The van der Waals surface area contributed by atoms with E-state index in [-0.39, 0.29) is 17.1 Å². The summed E-state index contributed by atoms with van der Waals surface area (Å²) in [5.41, 5.74) is 5.89. The maximum Gasteiger partial charge on any atom is 0.194 e. The second-order valence-corrected chi connectivity index (χ2v) is 8.46. The van der Waals surface area contributed by atoms with E-state index in [1.807, 2.05) is 0 Å². The lowest BCUT2D eigenvalue weighted by atomic mass is 9.91. The lowest BCUT2D eigenvalue weighted by Crippen LogP contribution is -2.58. The minimum absolute atomic E-state index is 0.00348. The molecule has 10 nitrogen and oxygen atoms in total. The number of hydrogen-bond donors (Lipinski definition) is 3. The van der Waals surface area contributed by atoms with Crippen molar-refractivity contribution < 1.29 is 32.9 Å². The zero-order valence-corrected chi connectivity index (χ0v) is 20.0. The van der Waals surface area contributed by atoms with Gasteiger partial charge in [-0.05, 0) is 30.3 Å². The average molecular weight is 539 g/mol. The van der Waals surface area contributed by atoms with E-state index < -0.39 is 54.5 Å². The topological polar surface area (TPSA) is 140 Å². The third-order valence-corrected chi connectivity index (χ3v) is 5.98. The van der Waals surface area contributed by atoms with E-state index >= 15 is 0 Å². The molecule has 0 spiro atoms. The van der Waals surface area contributed by atoms with Crippen LogP contribution in [-0.4, -0.2) is 75.5 Å². The summed E-state index contributed by atoms with van der Waals surface area (Å²) in [5.74, 6) is -4.36. The number of benzene rings is 2. The number of aliphatic imine (C=N–C) groups is 2.